The van der Waals surface area contributed by atoms with Gasteiger partial charge in [-0.3, -0.25) is 4.79 Å². The third kappa shape index (κ3) is 4.89. The van der Waals surface area contributed by atoms with Gasteiger partial charge in [-0.05, 0) is 35.2 Å². The predicted molar refractivity (Wildman–Crippen MR) is 118 cm³/mol. The highest BCUT2D eigenvalue weighted by Crippen LogP contribution is 2.38. The summed E-state index contributed by atoms with van der Waals surface area (Å²) in [6, 6.07) is 1.57. The molecule has 2 saturated heterocycles. The molecule has 2 heterocycles. The minimum absolute atomic E-state index is 0.237. The van der Waals surface area contributed by atoms with Gasteiger partial charge in [-0.25, -0.2) is 26.3 Å². The average molecular weight is 538 g/mol. The molecule has 1 amide bonds. The van der Waals surface area contributed by atoms with Gasteiger partial charge in [0.15, 0.2) is 23.2 Å². The number of carbonyl (C=O) groups excluding carboxylic acids is 1. The van der Waals surface area contributed by atoms with Gasteiger partial charge in [-0.1, -0.05) is 22.9 Å². The molecule has 0 spiro atoms. The number of nitrogens with one attached hydrogen (secondary N) is 1. The van der Waals surface area contributed by atoms with Gasteiger partial charge < -0.3 is 9.64 Å². The molecule has 0 aliphatic carbocycles. The number of benzene rings is 2. The summed E-state index contributed by atoms with van der Waals surface area (Å²) in [6.45, 7) is 0.484. The van der Waals surface area contributed by atoms with Crippen LogP contribution in [0.2, 0.25) is 0 Å². The molecule has 2 N–H and O–H groups in total. The van der Waals surface area contributed by atoms with Crippen LogP contribution in [0.5, 0.6) is 0 Å². The molecule has 0 bridgehead atoms. The van der Waals surface area contributed by atoms with Crippen molar-refractivity contribution in [2.24, 2.45) is 0 Å². The number of carbonyl (C=O) groups is 1. The Morgan fingerprint density at radius 3 is 2.42 bits per heavy atom. The normalized spacial score (nSPS) is 24.9. The van der Waals surface area contributed by atoms with Crippen LogP contribution in [0.15, 0.2) is 30.3 Å². The highest BCUT2D eigenvalue weighted by Gasteiger charge is 2.60. The van der Waals surface area contributed by atoms with Gasteiger partial charge in [-0.2, -0.15) is 4.55 Å². The smallest absolute Gasteiger partial charge is 0.288 e. The summed E-state index contributed by atoms with van der Waals surface area (Å²) < 4.78 is 116. The maximum Gasteiger partial charge on any atom is 0.288 e. The first kappa shape index (κ1) is 26.6. The summed E-state index contributed by atoms with van der Waals surface area (Å²) in [7, 11) is -3.91. The predicted octanol–water partition coefficient (Wildman–Crippen LogP) is 3.95. The van der Waals surface area contributed by atoms with Crippen LogP contribution in [0.1, 0.15) is 18.9 Å². The summed E-state index contributed by atoms with van der Waals surface area (Å²) >= 11 is 0. The second-order valence-corrected chi connectivity index (χ2v) is 10.8. The molecule has 196 valence electrons. The van der Waals surface area contributed by atoms with Crippen LogP contribution in [0.4, 0.5) is 26.3 Å². The van der Waals surface area contributed by atoms with Gasteiger partial charge >= 0.3 is 0 Å². The van der Waals surface area contributed by atoms with Gasteiger partial charge in [0.1, 0.15) is 18.0 Å². The van der Waals surface area contributed by atoms with Crippen molar-refractivity contribution in [2.75, 3.05) is 18.9 Å². The minimum Gasteiger partial charge on any atom is -0.368 e. The van der Waals surface area contributed by atoms with Crippen molar-refractivity contribution in [3.63, 3.8) is 0 Å². The van der Waals surface area contributed by atoms with E-state index in [1.165, 1.54) is 19.1 Å². The van der Waals surface area contributed by atoms with E-state index in [-0.39, 0.29) is 12.2 Å². The molecule has 2 aromatic carbocycles. The molecular weight excluding hydrogens is 514 g/mol. The lowest BCUT2D eigenvalue weighted by Gasteiger charge is -2.33. The molecule has 2 aliphatic heterocycles. The monoisotopic (exact) mass is 537 g/mol. The van der Waals surface area contributed by atoms with Crippen molar-refractivity contribution >= 4 is 16.3 Å². The van der Waals surface area contributed by atoms with Crippen LogP contribution in [-0.4, -0.2) is 58.4 Å². The maximum atomic E-state index is 15.5. The highest BCUT2D eigenvalue weighted by molar-refractivity contribution is 7.95. The van der Waals surface area contributed by atoms with Gasteiger partial charge in [-0.15, -0.1) is 0 Å². The molecule has 2 fully saturated rings. The first-order valence-electron chi connectivity index (χ1n) is 11.1. The van der Waals surface area contributed by atoms with Gasteiger partial charge in [0.25, 0.3) is 22.2 Å². The van der Waals surface area contributed by atoms with E-state index in [2.05, 4.69) is 0 Å². The van der Waals surface area contributed by atoms with Gasteiger partial charge in [0, 0.05) is 17.5 Å². The van der Waals surface area contributed by atoms with E-state index < -0.39 is 93.5 Å². The third-order valence-corrected chi connectivity index (χ3v) is 7.82. The lowest BCUT2D eigenvalue weighted by molar-refractivity contribution is -0.158. The molecule has 4 rings (SSSR count). The topological polar surface area (TPSA) is 78.9 Å². The van der Waals surface area contributed by atoms with Crippen LogP contribution in [0, 0.1) is 23.3 Å². The lowest BCUT2D eigenvalue weighted by Crippen LogP contribution is -2.55. The first-order valence-corrected chi connectivity index (χ1v) is 12.8. The summed E-state index contributed by atoms with van der Waals surface area (Å²) in [5.41, 5.74) is -1.27. The molecule has 6 nitrogen and oxygen atoms in total. The van der Waals surface area contributed by atoms with Crippen LogP contribution in [0.3, 0.4) is 0 Å². The molecule has 36 heavy (non-hydrogen) atoms. The number of alkyl halides is 2. The van der Waals surface area contributed by atoms with Crippen molar-refractivity contribution in [1.82, 2.24) is 9.62 Å². The largest absolute Gasteiger partial charge is 0.368 e. The maximum absolute atomic E-state index is 15.5. The van der Waals surface area contributed by atoms with Crippen LogP contribution in [-0.2, 0) is 30.6 Å². The van der Waals surface area contributed by atoms with E-state index in [0.717, 1.165) is 17.0 Å². The van der Waals surface area contributed by atoms with Crippen molar-refractivity contribution in [1.29, 1.82) is 0 Å². The number of nitrogens with zero attached hydrogens (tertiary/aromatic N) is 1. The Balaban J connectivity index is 1.74. The average Bonchev–Trinajstić information content (AvgIpc) is 3.02. The number of amides is 1. The summed E-state index contributed by atoms with van der Waals surface area (Å²) in [5.74, 6) is -10.8. The Bertz CT molecular complexity index is 1230. The second kappa shape index (κ2) is 9.77. The molecule has 0 aromatic heterocycles. The Hall–Kier alpha value is -2.48. The van der Waals surface area contributed by atoms with Crippen molar-refractivity contribution in [3.05, 3.63) is 59.2 Å². The van der Waals surface area contributed by atoms with Crippen molar-refractivity contribution < 1.29 is 44.6 Å². The van der Waals surface area contributed by atoms with E-state index in [4.69, 9.17) is 4.74 Å². The fourth-order valence-corrected chi connectivity index (χ4v) is 5.23. The van der Waals surface area contributed by atoms with E-state index in [1.54, 1.807) is 0 Å². The van der Waals surface area contributed by atoms with Crippen LogP contribution >= 0.6 is 0 Å². The Kier molecular flexibility index (Phi) is 7.21. The zero-order valence-electron chi connectivity index (χ0n) is 18.9. The third-order valence-electron chi connectivity index (χ3n) is 6.41. The van der Waals surface area contributed by atoms with E-state index in [0.29, 0.717) is 12.5 Å². The number of likely N-dealkylation sites (tertiary alicyclic amines) is 1. The van der Waals surface area contributed by atoms with Crippen molar-refractivity contribution in [2.45, 2.75) is 43.9 Å². The molecule has 2 unspecified atom stereocenters. The number of halogens is 6. The Morgan fingerprint density at radius 1 is 1.14 bits per heavy atom. The first-order chi connectivity index (χ1) is 16.9. The van der Waals surface area contributed by atoms with E-state index in [1.807, 2.05) is 4.72 Å². The standard InChI is InChI=1S/C23H22F6N2O4S/c1-2-36(33,34)30-21-16(31(11-23(21,28)29)22(32)17-8-9-35-17)10-12-4-3-5-13(18(12)25)14-6-7-15(24)20(27)19(14)26/h3-7,16-17,21H,2,8-11H2,1H3,(H-,30,33,34)/p+1/t16-,17?,21+/m0/s1. The molecular formula is C23H23F6N2O4S+. The molecule has 2 aromatic rings. The van der Waals surface area contributed by atoms with Gasteiger partial charge in [0.05, 0.1) is 19.2 Å². The van der Waals surface area contributed by atoms with E-state index in [9.17, 15) is 26.7 Å². The molecule has 0 radical (unpaired) electrons. The highest BCUT2D eigenvalue weighted by atomic mass is 32.3. The molecule has 2 aliphatic rings. The quantitative estimate of drug-likeness (QED) is 0.319. The number of hydrogen-bond donors (Lipinski definition) is 2. The van der Waals surface area contributed by atoms with Crippen molar-refractivity contribution in [3.8, 4) is 11.1 Å². The van der Waals surface area contributed by atoms with Crippen LogP contribution < -0.4 is 4.72 Å². The molecule has 0 saturated carbocycles. The second-order valence-electron chi connectivity index (χ2n) is 8.67. The van der Waals surface area contributed by atoms with Crippen LogP contribution in [0.25, 0.3) is 11.1 Å². The number of rotatable bonds is 7. The zero-order chi connectivity index (χ0) is 26.4. The summed E-state index contributed by atoms with van der Waals surface area (Å²) in [5, 5.41) is 0. The summed E-state index contributed by atoms with van der Waals surface area (Å²) in [4.78, 5) is 13.7. The Morgan fingerprint density at radius 2 is 1.81 bits per heavy atom. The fraction of sp³-hybridized carbons (Fsp3) is 0.435. The van der Waals surface area contributed by atoms with E-state index >= 15 is 13.2 Å². The summed E-state index contributed by atoms with van der Waals surface area (Å²) in [6.07, 6.45) is -1.20. The van der Waals surface area contributed by atoms with Gasteiger partial charge in [0.2, 0.25) is 0 Å². The molecule has 13 heteroatoms. The molecule has 4 atom stereocenters. The Labute approximate surface area is 204 Å². The fourth-order valence-electron chi connectivity index (χ4n) is 4.34. The zero-order valence-corrected chi connectivity index (χ0v) is 19.8. The lowest BCUT2D eigenvalue weighted by atomic mass is 9.94. The number of hydrogen-bond acceptors (Lipinski definition) is 3. The minimum atomic E-state index is -3.91. The number of ether oxygens (including phenoxy) is 1. The SMILES string of the molecule is CC[S+](=O)(O)N[C@@H]1[C@H](Cc2cccc(-c3ccc(F)c(F)c3F)c2F)N(C(=O)C2CCO2)CC1(F)F.